The Labute approximate surface area is 82.9 Å². The molecule has 0 amide bonds. The third kappa shape index (κ3) is 1.53. The van der Waals surface area contributed by atoms with Crippen LogP contribution in [0.25, 0.3) is 0 Å². The van der Waals surface area contributed by atoms with E-state index in [1.165, 1.54) is 0 Å². The molecule has 0 spiro atoms. The molecule has 14 heavy (non-hydrogen) atoms. The topological polar surface area (TPSA) is 77.0 Å². The van der Waals surface area contributed by atoms with Gasteiger partial charge in [0.1, 0.15) is 0 Å². The average Bonchev–Trinajstić information content (AvgIpc) is 2.70. The van der Waals surface area contributed by atoms with Crippen LogP contribution < -0.4 is 5.73 Å². The summed E-state index contributed by atoms with van der Waals surface area (Å²) in [6, 6.07) is -0.0173. The molecule has 0 aliphatic heterocycles. The van der Waals surface area contributed by atoms with Gasteiger partial charge >= 0.3 is 0 Å². The van der Waals surface area contributed by atoms with Crippen molar-refractivity contribution in [2.45, 2.75) is 44.4 Å². The van der Waals surface area contributed by atoms with Gasteiger partial charge in [0.05, 0.1) is 24.0 Å². The molecule has 1 aliphatic carbocycles. The van der Waals surface area contributed by atoms with Gasteiger partial charge in [-0.15, -0.1) is 5.10 Å². The minimum absolute atomic E-state index is 0.0681. The molecule has 5 nitrogen and oxygen atoms in total. The summed E-state index contributed by atoms with van der Waals surface area (Å²) in [7, 11) is 0. The lowest BCUT2D eigenvalue weighted by atomic mass is 10.2. The van der Waals surface area contributed by atoms with Crippen LogP contribution in [-0.2, 0) is 0 Å². The van der Waals surface area contributed by atoms with E-state index in [4.69, 9.17) is 5.73 Å². The van der Waals surface area contributed by atoms with Gasteiger partial charge in [0, 0.05) is 6.04 Å². The normalized spacial score (nSPS) is 29.4. The highest BCUT2D eigenvalue weighted by Gasteiger charge is 2.29. The molecule has 0 saturated heterocycles. The number of nitrogens with two attached hydrogens (primary N) is 1. The lowest BCUT2D eigenvalue weighted by Gasteiger charge is -2.18. The van der Waals surface area contributed by atoms with Crippen LogP contribution in [0.1, 0.15) is 44.0 Å². The second kappa shape index (κ2) is 3.67. The van der Waals surface area contributed by atoms with Crippen molar-refractivity contribution < 1.29 is 5.11 Å². The lowest BCUT2D eigenvalue weighted by Crippen LogP contribution is -2.23. The van der Waals surface area contributed by atoms with E-state index in [-0.39, 0.29) is 18.2 Å². The van der Waals surface area contributed by atoms with Gasteiger partial charge in [0.2, 0.25) is 0 Å². The summed E-state index contributed by atoms with van der Waals surface area (Å²) in [6.07, 6.45) is 4.24. The van der Waals surface area contributed by atoms with Gasteiger partial charge in [-0.2, -0.15) is 0 Å². The van der Waals surface area contributed by atoms with Gasteiger partial charge in [-0.3, -0.25) is 0 Å². The molecule has 3 atom stereocenters. The predicted octanol–water partition coefficient (Wildman–Crippen LogP) is 0.384. The third-order valence-corrected chi connectivity index (χ3v) is 2.83. The number of nitrogens with zero attached hydrogens (tertiary/aromatic N) is 3. The molecule has 1 aromatic rings. The first-order chi connectivity index (χ1) is 6.70. The van der Waals surface area contributed by atoms with E-state index in [9.17, 15) is 5.11 Å². The molecule has 0 radical (unpaired) electrons. The smallest absolute Gasteiger partial charge is 0.0799 e. The maximum Gasteiger partial charge on any atom is 0.0799 e. The van der Waals surface area contributed by atoms with Crippen LogP contribution in [-0.4, -0.2) is 26.2 Å². The molecule has 1 saturated carbocycles. The van der Waals surface area contributed by atoms with E-state index >= 15 is 0 Å². The number of aromatic nitrogens is 3. The minimum Gasteiger partial charge on any atom is -0.391 e. The monoisotopic (exact) mass is 196 g/mol. The summed E-state index contributed by atoms with van der Waals surface area (Å²) in [5.74, 6) is 0. The number of hydrogen-bond acceptors (Lipinski definition) is 4. The highest BCUT2D eigenvalue weighted by molar-refractivity contribution is 5.02. The molecule has 2 unspecified atom stereocenters. The van der Waals surface area contributed by atoms with Crippen LogP contribution in [0.15, 0.2) is 6.20 Å². The van der Waals surface area contributed by atoms with E-state index in [2.05, 4.69) is 10.3 Å². The third-order valence-electron chi connectivity index (χ3n) is 2.83. The number of hydrogen-bond donors (Lipinski definition) is 2. The van der Waals surface area contributed by atoms with Gasteiger partial charge in [-0.25, -0.2) is 4.68 Å². The fraction of sp³-hybridized carbons (Fsp3) is 0.778. The quantitative estimate of drug-likeness (QED) is 0.717. The Hall–Kier alpha value is -0.940. The van der Waals surface area contributed by atoms with E-state index in [0.717, 1.165) is 25.0 Å². The molecule has 5 heteroatoms. The number of rotatable bonds is 2. The highest BCUT2D eigenvalue weighted by Crippen LogP contribution is 2.30. The van der Waals surface area contributed by atoms with Crippen LogP contribution in [0.4, 0.5) is 0 Å². The molecular formula is C9H16N4O. The molecule has 1 fully saturated rings. The summed E-state index contributed by atoms with van der Waals surface area (Å²) < 4.78 is 1.78. The van der Waals surface area contributed by atoms with E-state index in [0.29, 0.717) is 0 Å². The average molecular weight is 196 g/mol. The number of aliphatic hydroxyl groups is 1. The molecule has 78 valence electrons. The molecule has 1 aliphatic rings. The predicted molar refractivity (Wildman–Crippen MR) is 51.5 cm³/mol. The Kier molecular flexibility index (Phi) is 2.52. The highest BCUT2D eigenvalue weighted by atomic mass is 16.3. The summed E-state index contributed by atoms with van der Waals surface area (Å²) >= 11 is 0. The molecule has 1 aromatic heterocycles. The zero-order chi connectivity index (χ0) is 10.1. The van der Waals surface area contributed by atoms with Crippen LogP contribution in [0, 0.1) is 0 Å². The molecule has 2 rings (SSSR count). The van der Waals surface area contributed by atoms with Crippen LogP contribution in [0.2, 0.25) is 0 Å². The van der Waals surface area contributed by atoms with E-state index < -0.39 is 0 Å². The minimum atomic E-state index is -0.297. The Bertz CT molecular complexity index is 310. The molecule has 0 bridgehead atoms. The molecule has 1 heterocycles. The summed E-state index contributed by atoms with van der Waals surface area (Å²) in [5.41, 5.74) is 6.69. The second-order valence-electron chi connectivity index (χ2n) is 3.96. The number of aliphatic hydroxyl groups excluding tert-OH is 1. The van der Waals surface area contributed by atoms with Gasteiger partial charge in [-0.05, 0) is 26.2 Å². The molecular weight excluding hydrogens is 180 g/mol. The van der Waals surface area contributed by atoms with Crippen molar-refractivity contribution in [1.29, 1.82) is 0 Å². The first kappa shape index (κ1) is 9.61. The van der Waals surface area contributed by atoms with Gasteiger partial charge < -0.3 is 10.8 Å². The van der Waals surface area contributed by atoms with E-state index in [1.54, 1.807) is 10.9 Å². The summed E-state index contributed by atoms with van der Waals surface area (Å²) in [4.78, 5) is 0. The van der Waals surface area contributed by atoms with Crippen LogP contribution in [0.3, 0.4) is 0 Å². The van der Waals surface area contributed by atoms with Gasteiger partial charge in [0.25, 0.3) is 0 Å². The Morgan fingerprint density at radius 1 is 1.64 bits per heavy atom. The van der Waals surface area contributed by atoms with Crippen molar-refractivity contribution in [3.8, 4) is 0 Å². The van der Waals surface area contributed by atoms with Crippen molar-refractivity contribution in [2.75, 3.05) is 0 Å². The van der Waals surface area contributed by atoms with Crippen LogP contribution >= 0.6 is 0 Å². The zero-order valence-corrected chi connectivity index (χ0v) is 8.30. The Balaban J connectivity index is 2.26. The van der Waals surface area contributed by atoms with Crippen molar-refractivity contribution in [3.05, 3.63) is 11.9 Å². The summed E-state index contributed by atoms with van der Waals surface area (Å²) in [5, 5.41) is 17.6. The van der Waals surface area contributed by atoms with Gasteiger partial charge in [-0.1, -0.05) is 5.21 Å². The van der Waals surface area contributed by atoms with E-state index in [1.807, 2.05) is 6.92 Å². The Morgan fingerprint density at radius 2 is 2.43 bits per heavy atom. The standard InChI is InChI=1S/C9H16N4O/c1-6(10)8-5-11-12-13(8)7-3-2-4-9(7)14/h5-7,9,14H,2-4,10H2,1H3/t6-,7?,9?/m0/s1. The largest absolute Gasteiger partial charge is 0.391 e. The van der Waals surface area contributed by atoms with Crippen molar-refractivity contribution in [2.24, 2.45) is 5.73 Å². The van der Waals surface area contributed by atoms with Crippen molar-refractivity contribution in [3.63, 3.8) is 0 Å². The maximum atomic E-state index is 9.74. The van der Waals surface area contributed by atoms with Crippen molar-refractivity contribution >= 4 is 0 Å². The first-order valence-corrected chi connectivity index (χ1v) is 5.04. The fourth-order valence-corrected chi connectivity index (χ4v) is 2.04. The molecule has 3 N–H and O–H groups in total. The second-order valence-corrected chi connectivity index (χ2v) is 3.96. The zero-order valence-electron chi connectivity index (χ0n) is 8.30. The SMILES string of the molecule is C[C@H](N)c1cnnn1C1CCCC1O. The lowest BCUT2D eigenvalue weighted by molar-refractivity contribution is 0.127. The van der Waals surface area contributed by atoms with Crippen molar-refractivity contribution in [1.82, 2.24) is 15.0 Å². The Morgan fingerprint density at radius 3 is 3.00 bits per heavy atom. The molecule has 0 aromatic carbocycles. The summed E-state index contributed by atoms with van der Waals surface area (Å²) in [6.45, 7) is 1.90. The first-order valence-electron chi connectivity index (χ1n) is 5.04. The maximum absolute atomic E-state index is 9.74. The van der Waals surface area contributed by atoms with Crippen LogP contribution in [0.5, 0.6) is 0 Å². The van der Waals surface area contributed by atoms with Gasteiger partial charge in [0.15, 0.2) is 0 Å². The fourth-order valence-electron chi connectivity index (χ4n) is 2.04.